The van der Waals surface area contributed by atoms with Gasteiger partial charge in [-0.05, 0) is 6.92 Å². The van der Waals surface area contributed by atoms with Crippen molar-refractivity contribution in [2.24, 2.45) is 7.05 Å². The van der Waals surface area contributed by atoms with E-state index in [4.69, 9.17) is 0 Å². The van der Waals surface area contributed by atoms with E-state index in [-0.39, 0.29) is 0 Å². The molecule has 0 atom stereocenters. The van der Waals surface area contributed by atoms with Crippen LogP contribution in [0.5, 0.6) is 0 Å². The van der Waals surface area contributed by atoms with Crippen LogP contribution in [-0.4, -0.2) is 31.3 Å². The molecule has 0 saturated heterocycles. The number of aryl methyl sites for hydroxylation is 2. The van der Waals surface area contributed by atoms with E-state index >= 15 is 0 Å². The summed E-state index contributed by atoms with van der Waals surface area (Å²) in [5.74, 6) is 0.869. The summed E-state index contributed by atoms with van der Waals surface area (Å²) >= 11 is 0. The second-order valence-corrected chi connectivity index (χ2v) is 3.74. The number of nitrogens with one attached hydrogen (secondary N) is 2. The lowest BCUT2D eigenvalue weighted by Crippen LogP contribution is -2.18. The van der Waals surface area contributed by atoms with Crippen molar-refractivity contribution in [1.29, 1.82) is 0 Å². The van der Waals surface area contributed by atoms with Crippen molar-refractivity contribution in [2.75, 3.05) is 6.54 Å². The smallest absolute Gasteiger partial charge is 0.151 e. The third kappa shape index (κ3) is 2.66. The third-order valence-electron chi connectivity index (χ3n) is 2.40. The molecule has 0 saturated carbocycles. The number of aromatic nitrogens is 5. The maximum Gasteiger partial charge on any atom is 0.151 e. The summed E-state index contributed by atoms with van der Waals surface area (Å²) in [7, 11) is 1.87. The molecular weight excluding hydrogens is 204 g/mol. The molecule has 86 valence electrons. The molecule has 0 fully saturated rings. The first-order chi connectivity index (χ1) is 7.75. The van der Waals surface area contributed by atoms with E-state index in [2.05, 4.69) is 25.4 Å². The molecule has 0 aliphatic rings. The lowest BCUT2D eigenvalue weighted by Gasteiger charge is -2.01. The maximum atomic E-state index is 4.21. The van der Waals surface area contributed by atoms with Crippen LogP contribution in [0.2, 0.25) is 0 Å². The van der Waals surface area contributed by atoms with Gasteiger partial charge in [0.05, 0.1) is 12.0 Å². The van der Waals surface area contributed by atoms with E-state index in [1.54, 1.807) is 17.3 Å². The highest BCUT2D eigenvalue weighted by Gasteiger charge is 2.01. The van der Waals surface area contributed by atoms with Crippen molar-refractivity contribution in [3.63, 3.8) is 0 Å². The average molecular weight is 220 g/mol. The molecule has 0 bridgehead atoms. The molecule has 0 amide bonds. The Hall–Kier alpha value is -1.69. The van der Waals surface area contributed by atoms with Crippen LogP contribution in [0.25, 0.3) is 0 Å². The normalized spacial score (nSPS) is 10.9. The van der Waals surface area contributed by atoms with Gasteiger partial charge in [0.2, 0.25) is 0 Å². The molecule has 2 rings (SSSR count). The molecule has 0 spiro atoms. The minimum atomic E-state index is 0.780. The quantitative estimate of drug-likeness (QED) is 0.705. The number of rotatable bonds is 5. The summed E-state index contributed by atoms with van der Waals surface area (Å²) in [5.41, 5.74) is 2.18. The highest BCUT2D eigenvalue weighted by Crippen LogP contribution is 1.99. The van der Waals surface area contributed by atoms with Crippen LogP contribution in [-0.2, 0) is 20.0 Å². The molecule has 2 N–H and O–H groups in total. The largest absolute Gasteiger partial charge is 0.348 e. The van der Waals surface area contributed by atoms with Crippen LogP contribution in [0.15, 0.2) is 12.7 Å². The van der Waals surface area contributed by atoms with Crippen molar-refractivity contribution < 1.29 is 0 Å². The van der Waals surface area contributed by atoms with E-state index in [1.165, 1.54) is 0 Å². The number of imidazole rings is 1. The molecule has 0 aromatic carbocycles. The molecule has 2 aromatic rings. The van der Waals surface area contributed by atoms with Crippen LogP contribution in [0.1, 0.15) is 17.2 Å². The minimum absolute atomic E-state index is 0.780. The van der Waals surface area contributed by atoms with Gasteiger partial charge in [-0.25, -0.2) is 9.97 Å². The minimum Gasteiger partial charge on any atom is -0.348 e. The summed E-state index contributed by atoms with van der Waals surface area (Å²) in [5, 5.41) is 7.52. The fraction of sp³-hybridized carbons (Fsp3) is 0.500. The zero-order valence-corrected chi connectivity index (χ0v) is 9.56. The zero-order chi connectivity index (χ0) is 11.4. The molecule has 16 heavy (non-hydrogen) atoms. The lowest BCUT2D eigenvalue weighted by atomic mass is 10.3. The van der Waals surface area contributed by atoms with Crippen molar-refractivity contribution >= 4 is 0 Å². The Morgan fingerprint density at radius 3 is 2.94 bits per heavy atom. The molecule has 2 heterocycles. The molecule has 0 aliphatic carbocycles. The van der Waals surface area contributed by atoms with Gasteiger partial charge in [0.1, 0.15) is 6.33 Å². The predicted octanol–water partition coefficient (Wildman–Crippen LogP) is 0.179. The van der Waals surface area contributed by atoms with Crippen molar-refractivity contribution in [2.45, 2.75) is 19.9 Å². The van der Waals surface area contributed by atoms with Crippen molar-refractivity contribution in [3.8, 4) is 0 Å². The fourth-order valence-electron chi connectivity index (χ4n) is 1.47. The van der Waals surface area contributed by atoms with Gasteiger partial charge in [0.15, 0.2) is 5.82 Å². The first-order valence-corrected chi connectivity index (χ1v) is 5.30. The van der Waals surface area contributed by atoms with Crippen LogP contribution >= 0.6 is 0 Å². The predicted molar refractivity (Wildman–Crippen MR) is 59.7 cm³/mol. The number of nitrogens with zero attached hydrogens (tertiary/aromatic N) is 4. The molecular formula is C10H16N6. The van der Waals surface area contributed by atoms with Gasteiger partial charge in [-0.1, -0.05) is 0 Å². The van der Waals surface area contributed by atoms with Crippen molar-refractivity contribution in [1.82, 2.24) is 30.0 Å². The second kappa shape index (κ2) is 4.89. The van der Waals surface area contributed by atoms with E-state index in [1.807, 2.05) is 14.0 Å². The van der Waals surface area contributed by atoms with Crippen molar-refractivity contribution in [3.05, 3.63) is 29.9 Å². The Balaban J connectivity index is 1.71. The SMILES string of the molecule is Cc1[nH]cnc1CNCCc1ncn(C)n1. The Bertz CT molecular complexity index is 444. The first kappa shape index (κ1) is 10.8. The zero-order valence-electron chi connectivity index (χ0n) is 9.56. The number of aromatic amines is 1. The van der Waals surface area contributed by atoms with Crippen LogP contribution in [0.4, 0.5) is 0 Å². The van der Waals surface area contributed by atoms with Gasteiger partial charge in [-0.3, -0.25) is 4.68 Å². The molecule has 2 aromatic heterocycles. The summed E-state index contributed by atoms with van der Waals surface area (Å²) in [4.78, 5) is 11.4. The molecule has 0 aliphatic heterocycles. The third-order valence-corrected chi connectivity index (χ3v) is 2.40. The lowest BCUT2D eigenvalue weighted by molar-refractivity contribution is 0.652. The van der Waals surface area contributed by atoms with Gasteiger partial charge in [-0.15, -0.1) is 0 Å². The Labute approximate surface area is 94.1 Å². The van der Waals surface area contributed by atoms with Crippen LogP contribution in [0.3, 0.4) is 0 Å². The average Bonchev–Trinajstić information content (AvgIpc) is 2.83. The summed E-state index contributed by atoms with van der Waals surface area (Å²) in [6.07, 6.45) is 4.27. The standard InChI is InChI=1S/C10H16N6/c1-8-9(13-6-12-8)5-11-4-3-10-14-7-16(2)15-10/h6-7,11H,3-5H2,1-2H3,(H,12,13). The molecule has 6 nitrogen and oxygen atoms in total. The summed E-state index contributed by atoms with van der Waals surface area (Å²) < 4.78 is 1.72. The van der Waals surface area contributed by atoms with E-state index in [9.17, 15) is 0 Å². The summed E-state index contributed by atoms with van der Waals surface area (Å²) in [6.45, 7) is 3.66. The van der Waals surface area contributed by atoms with E-state index in [0.29, 0.717) is 0 Å². The Morgan fingerprint density at radius 1 is 1.44 bits per heavy atom. The maximum absolute atomic E-state index is 4.21. The van der Waals surface area contributed by atoms with Gasteiger partial charge >= 0.3 is 0 Å². The first-order valence-electron chi connectivity index (χ1n) is 5.30. The topological polar surface area (TPSA) is 71.4 Å². The molecule has 0 unspecified atom stereocenters. The molecule has 6 heteroatoms. The summed E-state index contributed by atoms with van der Waals surface area (Å²) in [6, 6.07) is 0. The van der Waals surface area contributed by atoms with E-state index in [0.717, 1.165) is 36.7 Å². The van der Waals surface area contributed by atoms with Gasteiger partial charge < -0.3 is 10.3 Å². The van der Waals surface area contributed by atoms with Gasteiger partial charge in [0, 0.05) is 32.3 Å². The van der Waals surface area contributed by atoms with Crippen LogP contribution in [0, 0.1) is 6.92 Å². The van der Waals surface area contributed by atoms with Crippen LogP contribution < -0.4 is 5.32 Å². The van der Waals surface area contributed by atoms with Gasteiger partial charge in [0.25, 0.3) is 0 Å². The van der Waals surface area contributed by atoms with Gasteiger partial charge in [-0.2, -0.15) is 5.10 Å². The number of hydrogen-bond acceptors (Lipinski definition) is 4. The van der Waals surface area contributed by atoms with E-state index < -0.39 is 0 Å². The highest BCUT2D eigenvalue weighted by atomic mass is 15.3. The Kier molecular flexibility index (Phi) is 3.31. The number of H-pyrrole nitrogens is 1. The molecule has 0 radical (unpaired) electrons. The number of hydrogen-bond donors (Lipinski definition) is 2. The highest BCUT2D eigenvalue weighted by molar-refractivity contribution is 5.07. The monoisotopic (exact) mass is 220 g/mol. The fourth-order valence-corrected chi connectivity index (χ4v) is 1.47. The second-order valence-electron chi connectivity index (χ2n) is 3.74. The Morgan fingerprint density at radius 2 is 2.31 bits per heavy atom.